The molecule has 5 heteroatoms. The van der Waals surface area contributed by atoms with Crippen LogP contribution in [0.4, 0.5) is 0 Å². The molecule has 2 rings (SSSR count). The summed E-state index contributed by atoms with van der Waals surface area (Å²) in [4.78, 5) is 0. The Bertz CT molecular complexity index is 358. The lowest BCUT2D eigenvalue weighted by Crippen LogP contribution is -2.41. The van der Waals surface area contributed by atoms with Gasteiger partial charge in [0.2, 0.25) is 0 Å². The summed E-state index contributed by atoms with van der Waals surface area (Å²) in [7, 11) is -0.310. The third-order valence-corrected chi connectivity index (χ3v) is 3.76. The number of hydrogen-bond donors (Lipinski definition) is 0. The maximum absolute atomic E-state index is 5.99. The second kappa shape index (κ2) is 3.41. The summed E-state index contributed by atoms with van der Waals surface area (Å²) in [6.45, 7) is 12.2. The number of hydrogen-bond acceptors (Lipinski definition) is 4. The monoisotopic (exact) mass is 222 g/mol. The van der Waals surface area contributed by atoms with Crippen molar-refractivity contribution in [3.8, 4) is 0 Å². The summed E-state index contributed by atoms with van der Waals surface area (Å²) >= 11 is 0. The molecule has 1 fully saturated rings. The maximum atomic E-state index is 5.99. The fraction of sp³-hybridized carbons (Fsp3) is 0.818. The van der Waals surface area contributed by atoms with Gasteiger partial charge in [0.1, 0.15) is 0 Å². The Hall–Kier alpha value is -0.675. The van der Waals surface area contributed by atoms with Crippen molar-refractivity contribution in [1.29, 1.82) is 0 Å². The highest BCUT2D eigenvalue weighted by Gasteiger charge is 2.54. The van der Waals surface area contributed by atoms with E-state index in [-0.39, 0.29) is 24.4 Å². The number of nitrogens with zero attached hydrogens (tertiary/aromatic N) is 2. The second-order valence-corrected chi connectivity index (χ2v) is 5.52. The summed E-state index contributed by atoms with van der Waals surface area (Å²) in [6, 6.07) is 0.0645. The molecule has 88 valence electrons. The Morgan fingerprint density at radius 2 is 1.62 bits per heavy atom. The van der Waals surface area contributed by atoms with Crippen molar-refractivity contribution in [1.82, 2.24) is 0 Å². The highest BCUT2D eigenvalue weighted by Crippen LogP contribution is 2.40. The summed E-state index contributed by atoms with van der Waals surface area (Å²) in [6.07, 6.45) is 0. The predicted molar refractivity (Wildman–Crippen MR) is 63.1 cm³/mol. The first-order valence-corrected chi connectivity index (χ1v) is 5.72. The van der Waals surface area contributed by atoms with Crippen LogP contribution in [0.2, 0.25) is 0 Å². The van der Waals surface area contributed by atoms with Crippen LogP contribution in [0, 0.1) is 0 Å². The molecular formula is C11H19BN2O2. The molecule has 0 saturated carbocycles. The topological polar surface area (TPSA) is 43.2 Å². The van der Waals surface area contributed by atoms with E-state index in [1.54, 1.807) is 0 Å². The average Bonchev–Trinajstić information content (AvgIpc) is 2.52. The molecule has 0 aliphatic carbocycles. The highest BCUT2D eigenvalue weighted by molar-refractivity contribution is 6.55. The number of azo groups is 1. The number of allylic oxidation sites excluding steroid dienone is 1. The van der Waals surface area contributed by atoms with Crippen molar-refractivity contribution in [2.45, 2.75) is 58.8 Å². The van der Waals surface area contributed by atoms with Crippen LogP contribution in [0.25, 0.3) is 0 Å². The van der Waals surface area contributed by atoms with Crippen molar-refractivity contribution >= 4 is 7.12 Å². The fourth-order valence-electron chi connectivity index (χ4n) is 1.93. The van der Waals surface area contributed by atoms with Crippen LogP contribution in [0.5, 0.6) is 0 Å². The summed E-state index contributed by atoms with van der Waals surface area (Å²) in [5, 5.41) is 8.21. The van der Waals surface area contributed by atoms with Gasteiger partial charge in [0.25, 0.3) is 0 Å². The minimum absolute atomic E-state index is 0.0645. The van der Waals surface area contributed by atoms with Gasteiger partial charge in [-0.05, 0) is 41.5 Å². The molecule has 0 unspecified atom stereocenters. The molecule has 1 atom stereocenters. The molecule has 16 heavy (non-hydrogen) atoms. The normalized spacial score (nSPS) is 31.6. The SMILES string of the molecule is CC1=C(B2OC(C)(C)C(C)(C)O2)[C@@H](C)N=N1. The van der Waals surface area contributed by atoms with Crippen LogP contribution in [0.1, 0.15) is 41.5 Å². The molecule has 0 bridgehead atoms. The van der Waals surface area contributed by atoms with Gasteiger partial charge in [0, 0.05) is 5.47 Å². The van der Waals surface area contributed by atoms with E-state index in [0.717, 1.165) is 11.2 Å². The third-order valence-electron chi connectivity index (χ3n) is 3.76. The van der Waals surface area contributed by atoms with Crippen molar-refractivity contribution in [3.05, 3.63) is 11.2 Å². The lowest BCUT2D eigenvalue weighted by Gasteiger charge is -2.32. The molecule has 1 saturated heterocycles. The van der Waals surface area contributed by atoms with Crippen LogP contribution in [0.3, 0.4) is 0 Å². The molecule has 0 spiro atoms. The third kappa shape index (κ3) is 1.62. The zero-order chi connectivity index (χ0) is 12.1. The fourth-order valence-corrected chi connectivity index (χ4v) is 1.93. The van der Waals surface area contributed by atoms with Crippen molar-refractivity contribution in [3.63, 3.8) is 0 Å². The summed E-state index contributed by atoms with van der Waals surface area (Å²) < 4.78 is 12.0. The lowest BCUT2D eigenvalue weighted by atomic mass is 9.74. The minimum Gasteiger partial charge on any atom is -0.399 e. The van der Waals surface area contributed by atoms with E-state index in [2.05, 4.69) is 37.9 Å². The Labute approximate surface area is 97.3 Å². The van der Waals surface area contributed by atoms with E-state index in [1.807, 2.05) is 13.8 Å². The van der Waals surface area contributed by atoms with E-state index in [9.17, 15) is 0 Å². The van der Waals surface area contributed by atoms with Gasteiger partial charge >= 0.3 is 7.12 Å². The van der Waals surface area contributed by atoms with Crippen molar-refractivity contribution in [2.24, 2.45) is 10.2 Å². The smallest absolute Gasteiger partial charge is 0.399 e. The van der Waals surface area contributed by atoms with Crippen molar-refractivity contribution in [2.75, 3.05) is 0 Å². The Balaban J connectivity index is 2.25. The molecule has 0 aromatic heterocycles. The first-order valence-electron chi connectivity index (χ1n) is 5.72. The summed E-state index contributed by atoms with van der Waals surface area (Å²) in [5.74, 6) is 0. The first-order chi connectivity index (χ1) is 7.24. The Morgan fingerprint density at radius 1 is 1.12 bits per heavy atom. The van der Waals surface area contributed by atoms with Gasteiger partial charge in [0.15, 0.2) is 0 Å². The zero-order valence-electron chi connectivity index (χ0n) is 10.9. The molecule has 0 amide bonds. The van der Waals surface area contributed by atoms with Gasteiger partial charge < -0.3 is 9.31 Å². The van der Waals surface area contributed by atoms with E-state index in [1.165, 1.54) is 0 Å². The lowest BCUT2D eigenvalue weighted by molar-refractivity contribution is 0.00578. The van der Waals surface area contributed by atoms with E-state index >= 15 is 0 Å². The van der Waals surface area contributed by atoms with Gasteiger partial charge in [-0.25, -0.2) is 0 Å². The zero-order valence-corrected chi connectivity index (χ0v) is 10.9. The van der Waals surface area contributed by atoms with Gasteiger partial charge in [0.05, 0.1) is 22.9 Å². The molecule has 2 aliphatic heterocycles. The average molecular weight is 222 g/mol. The van der Waals surface area contributed by atoms with Gasteiger partial charge in [-0.2, -0.15) is 10.2 Å². The Morgan fingerprint density at radius 3 is 2.00 bits per heavy atom. The number of rotatable bonds is 1. The molecule has 2 aliphatic rings. The standard InChI is InChI=1S/C11H19BN2O2/c1-7-9(8(2)14-13-7)12-15-10(3,4)11(5,6)16-12/h7H,1-6H3/t7-/m1/s1. The molecule has 0 radical (unpaired) electrons. The highest BCUT2D eigenvalue weighted by atomic mass is 16.7. The van der Waals surface area contributed by atoms with E-state index < -0.39 is 0 Å². The minimum atomic E-state index is -0.310. The van der Waals surface area contributed by atoms with Crippen molar-refractivity contribution < 1.29 is 9.31 Å². The maximum Gasteiger partial charge on any atom is 0.494 e. The van der Waals surface area contributed by atoms with Gasteiger partial charge in [-0.1, -0.05) is 0 Å². The van der Waals surface area contributed by atoms with Crippen LogP contribution in [0.15, 0.2) is 21.4 Å². The molecule has 0 N–H and O–H groups in total. The second-order valence-electron chi connectivity index (χ2n) is 5.52. The van der Waals surface area contributed by atoms with E-state index in [4.69, 9.17) is 9.31 Å². The predicted octanol–water partition coefficient (Wildman–Crippen LogP) is 2.75. The Kier molecular flexibility index (Phi) is 2.51. The van der Waals surface area contributed by atoms with Gasteiger partial charge in [-0.15, -0.1) is 0 Å². The van der Waals surface area contributed by atoms with Crippen LogP contribution in [-0.2, 0) is 9.31 Å². The molecule has 0 aromatic rings. The first kappa shape index (κ1) is 11.8. The largest absolute Gasteiger partial charge is 0.494 e. The quantitative estimate of drug-likeness (QED) is 0.640. The van der Waals surface area contributed by atoms with Crippen LogP contribution >= 0.6 is 0 Å². The summed E-state index contributed by atoms with van der Waals surface area (Å²) in [5.41, 5.74) is 1.38. The van der Waals surface area contributed by atoms with Crippen LogP contribution < -0.4 is 0 Å². The van der Waals surface area contributed by atoms with Crippen LogP contribution in [-0.4, -0.2) is 24.4 Å². The molecule has 2 heterocycles. The van der Waals surface area contributed by atoms with E-state index in [0.29, 0.717) is 0 Å². The molecular weight excluding hydrogens is 203 g/mol. The molecule has 0 aromatic carbocycles. The van der Waals surface area contributed by atoms with Gasteiger partial charge in [-0.3, -0.25) is 0 Å². The molecule has 4 nitrogen and oxygen atoms in total.